The Morgan fingerprint density at radius 2 is 2.17 bits per heavy atom. The highest BCUT2D eigenvalue weighted by molar-refractivity contribution is 9.10. The van der Waals surface area contributed by atoms with Crippen LogP contribution in [-0.4, -0.2) is 19.1 Å². The summed E-state index contributed by atoms with van der Waals surface area (Å²) >= 11 is 3.46. The number of halogens is 1. The first-order valence-electron chi connectivity index (χ1n) is 6.25. The van der Waals surface area contributed by atoms with Crippen LogP contribution in [0.3, 0.4) is 0 Å². The van der Waals surface area contributed by atoms with Crippen molar-refractivity contribution in [1.29, 1.82) is 0 Å². The third-order valence-corrected chi connectivity index (χ3v) is 3.17. The standard InChI is InChI=1S/C14H20BrNO2/c1-4-18-14(17)11-5-6-13(12(15)9-11)16-8-7-10(2)3/h5-6,9-10,16H,4,7-8H2,1-3H3. The molecule has 1 aromatic carbocycles. The van der Waals surface area contributed by atoms with Gasteiger partial charge in [-0.3, -0.25) is 0 Å². The number of benzene rings is 1. The molecule has 0 heterocycles. The van der Waals surface area contributed by atoms with E-state index in [1.54, 1.807) is 19.1 Å². The molecule has 0 unspecified atom stereocenters. The zero-order chi connectivity index (χ0) is 13.5. The van der Waals surface area contributed by atoms with Crippen molar-refractivity contribution >= 4 is 27.6 Å². The summed E-state index contributed by atoms with van der Waals surface area (Å²) in [6, 6.07) is 5.47. The van der Waals surface area contributed by atoms with Crippen LogP contribution in [0.25, 0.3) is 0 Å². The smallest absolute Gasteiger partial charge is 0.338 e. The molecule has 0 aliphatic rings. The number of hydrogen-bond acceptors (Lipinski definition) is 3. The van der Waals surface area contributed by atoms with E-state index < -0.39 is 0 Å². The molecule has 0 aliphatic carbocycles. The third-order valence-electron chi connectivity index (χ3n) is 2.52. The Hall–Kier alpha value is -1.03. The van der Waals surface area contributed by atoms with Crippen molar-refractivity contribution < 1.29 is 9.53 Å². The second-order valence-corrected chi connectivity index (χ2v) is 5.38. The van der Waals surface area contributed by atoms with Crippen LogP contribution in [-0.2, 0) is 4.74 Å². The van der Waals surface area contributed by atoms with Gasteiger partial charge in [0, 0.05) is 16.7 Å². The molecular formula is C14H20BrNO2. The minimum Gasteiger partial charge on any atom is -0.462 e. The van der Waals surface area contributed by atoms with Crippen LogP contribution in [0.15, 0.2) is 22.7 Å². The molecular weight excluding hydrogens is 294 g/mol. The largest absolute Gasteiger partial charge is 0.462 e. The van der Waals surface area contributed by atoms with E-state index in [1.807, 2.05) is 6.07 Å². The van der Waals surface area contributed by atoms with Gasteiger partial charge in [0.1, 0.15) is 0 Å². The summed E-state index contributed by atoms with van der Waals surface area (Å²) in [5.41, 5.74) is 1.57. The molecule has 1 rings (SSSR count). The molecule has 0 aromatic heterocycles. The summed E-state index contributed by atoms with van der Waals surface area (Å²) in [7, 11) is 0. The fraction of sp³-hybridized carbons (Fsp3) is 0.500. The zero-order valence-corrected chi connectivity index (χ0v) is 12.7. The Morgan fingerprint density at radius 3 is 2.72 bits per heavy atom. The predicted octanol–water partition coefficient (Wildman–Crippen LogP) is 4.08. The molecule has 0 radical (unpaired) electrons. The lowest BCUT2D eigenvalue weighted by Crippen LogP contribution is -2.07. The molecule has 1 N–H and O–H groups in total. The summed E-state index contributed by atoms with van der Waals surface area (Å²) < 4.78 is 5.84. The van der Waals surface area contributed by atoms with Gasteiger partial charge in [-0.1, -0.05) is 13.8 Å². The maximum absolute atomic E-state index is 11.5. The van der Waals surface area contributed by atoms with E-state index in [0.29, 0.717) is 18.1 Å². The Labute approximate surface area is 117 Å². The topological polar surface area (TPSA) is 38.3 Å². The minimum atomic E-state index is -0.285. The van der Waals surface area contributed by atoms with E-state index >= 15 is 0 Å². The van der Waals surface area contributed by atoms with Crippen LogP contribution < -0.4 is 5.32 Å². The van der Waals surface area contributed by atoms with Crippen molar-refractivity contribution in [2.24, 2.45) is 5.92 Å². The van der Waals surface area contributed by atoms with Gasteiger partial charge in [0.2, 0.25) is 0 Å². The van der Waals surface area contributed by atoms with Gasteiger partial charge in [-0.05, 0) is 53.4 Å². The van der Waals surface area contributed by atoms with Crippen molar-refractivity contribution in [2.45, 2.75) is 27.2 Å². The van der Waals surface area contributed by atoms with Crippen molar-refractivity contribution in [3.63, 3.8) is 0 Å². The molecule has 0 aliphatic heterocycles. The van der Waals surface area contributed by atoms with E-state index in [0.717, 1.165) is 23.1 Å². The van der Waals surface area contributed by atoms with Gasteiger partial charge >= 0.3 is 5.97 Å². The number of esters is 1. The molecule has 0 saturated heterocycles. The van der Waals surface area contributed by atoms with E-state index in [2.05, 4.69) is 35.1 Å². The molecule has 0 saturated carbocycles. The first kappa shape index (κ1) is 15.0. The lowest BCUT2D eigenvalue weighted by molar-refractivity contribution is 0.0526. The highest BCUT2D eigenvalue weighted by atomic mass is 79.9. The quantitative estimate of drug-likeness (QED) is 0.804. The number of rotatable bonds is 6. The Morgan fingerprint density at radius 1 is 1.44 bits per heavy atom. The molecule has 0 bridgehead atoms. The van der Waals surface area contributed by atoms with Crippen molar-refractivity contribution in [3.8, 4) is 0 Å². The Bertz CT molecular complexity index is 405. The summed E-state index contributed by atoms with van der Waals surface area (Å²) in [5.74, 6) is 0.391. The number of hydrogen-bond donors (Lipinski definition) is 1. The Kier molecular flexibility index (Phi) is 6.19. The molecule has 4 heteroatoms. The van der Waals surface area contributed by atoms with Gasteiger partial charge in [0.25, 0.3) is 0 Å². The minimum absolute atomic E-state index is 0.285. The van der Waals surface area contributed by atoms with Gasteiger partial charge in [0.15, 0.2) is 0 Å². The average molecular weight is 314 g/mol. The van der Waals surface area contributed by atoms with Crippen LogP contribution in [0.4, 0.5) is 5.69 Å². The van der Waals surface area contributed by atoms with E-state index in [-0.39, 0.29) is 5.97 Å². The van der Waals surface area contributed by atoms with Crippen LogP contribution in [0.5, 0.6) is 0 Å². The molecule has 3 nitrogen and oxygen atoms in total. The normalized spacial score (nSPS) is 10.5. The van der Waals surface area contributed by atoms with Gasteiger partial charge < -0.3 is 10.1 Å². The van der Waals surface area contributed by atoms with Crippen molar-refractivity contribution in [1.82, 2.24) is 0 Å². The number of carbonyl (C=O) groups is 1. The first-order valence-corrected chi connectivity index (χ1v) is 7.04. The fourth-order valence-electron chi connectivity index (χ4n) is 1.50. The maximum Gasteiger partial charge on any atom is 0.338 e. The number of ether oxygens (including phenoxy) is 1. The lowest BCUT2D eigenvalue weighted by atomic mass is 10.1. The number of anilines is 1. The monoisotopic (exact) mass is 313 g/mol. The highest BCUT2D eigenvalue weighted by Crippen LogP contribution is 2.24. The highest BCUT2D eigenvalue weighted by Gasteiger charge is 2.08. The van der Waals surface area contributed by atoms with E-state index in [1.165, 1.54) is 0 Å². The molecule has 0 spiro atoms. The van der Waals surface area contributed by atoms with Crippen LogP contribution in [0.2, 0.25) is 0 Å². The number of carbonyl (C=O) groups excluding carboxylic acids is 1. The summed E-state index contributed by atoms with van der Waals surface area (Å²) in [6.07, 6.45) is 1.12. The average Bonchev–Trinajstić information content (AvgIpc) is 2.31. The van der Waals surface area contributed by atoms with Gasteiger partial charge in [-0.15, -0.1) is 0 Å². The van der Waals surface area contributed by atoms with Crippen LogP contribution in [0.1, 0.15) is 37.6 Å². The lowest BCUT2D eigenvalue weighted by Gasteiger charge is -2.11. The summed E-state index contributed by atoms with van der Waals surface area (Å²) in [4.78, 5) is 11.5. The first-order chi connectivity index (χ1) is 8.54. The zero-order valence-electron chi connectivity index (χ0n) is 11.1. The third kappa shape index (κ3) is 4.69. The van der Waals surface area contributed by atoms with Crippen LogP contribution in [0, 0.1) is 5.92 Å². The van der Waals surface area contributed by atoms with E-state index in [9.17, 15) is 4.79 Å². The second kappa shape index (κ2) is 7.41. The molecule has 1 aromatic rings. The maximum atomic E-state index is 11.5. The fourth-order valence-corrected chi connectivity index (χ4v) is 2.01. The Balaban J connectivity index is 2.65. The summed E-state index contributed by atoms with van der Waals surface area (Å²) in [6.45, 7) is 7.51. The van der Waals surface area contributed by atoms with Crippen molar-refractivity contribution in [2.75, 3.05) is 18.5 Å². The van der Waals surface area contributed by atoms with Crippen molar-refractivity contribution in [3.05, 3.63) is 28.2 Å². The number of nitrogens with one attached hydrogen (secondary N) is 1. The molecule has 100 valence electrons. The predicted molar refractivity (Wildman–Crippen MR) is 78.0 cm³/mol. The second-order valence-electron chi connectivity index (χ2n) is 4.52. The van der Waals surface area contributed by atoms with Crippen LogP contribution >= 0.6 is 15.9 Å². The molecule has 0 fully saturated rings. The van der Waals surface area contributed by atoms with Gasteiger partial charge in [-0.25, -0.2) is 4.79 Å². The summed E-state index contributed by atoms with van der Waals surface area (Å²) in [5, 5.41) is 3.34. The van der Waals surface area contributed by atoms with Gasteiger partial charge in [-0.2, -0.15) is 0 Å². The van der Waals surface area contributed by atoms with E-state index in [4.69, 9.17) is 4.74 Å². The molecule has 0 atom stereocenters. The van der Waals surface area contributed by atoms with Gasteiger partial charge in [0.05, 0.1) is 12.2 Å². The molecule has 18 heavy (non-hydrogen) atoms. The SMILES string of the molecule is CCOC(=O)c1ccc(NCCC(C)C)c(Br)c1. The molecule has 0 amide bonds.